The summed E-state index contributed by atoms with van der Waals surface area (Å²) in [5.41, 5.74) is -1.97. The van der Waals surface area contributed by atoms with Crippen molar-refractivity contribution >= 4 is 17.8 Å². The molecule has 0 radical (unpaired) electrons. The predicted molar refractivity (Wildman–Crippen MR) is 78.6 cm³/mol. The highest BCUT2D eigenvalue weighted by Gasteiger charge is 2.45. The zero-order valence-electron chi connectivity index (χ0n) is 13.5. The molecule has 2 N–H and O–H groups in total. The molecule has 21 heavy (non-hydrogen) atoms. The molecule has 120 valence electrons. The van der Waals surface area contributed by atoms with Crippen molar-refractivity contribution in [3.05, 3.63) is 0 Å². The topological polar surface area (TPSA) is 86.7 Å². The molecule has 0 aromatic heterocycles. The van der Waals surface area contributed by atoms with E-state index in [1.165, 1.54) is 6.92 Å². The van der Waals surface area contributed by atoms with E-state index in [0.29, 0.717) is 13.1 Å². The second-order valence-electron chi connectivity index (χ2n) is 6.85. The Morgan fingerprint density at radius 2 is 1.76 bits per heavy atom. The first kappa shape index (κ1) is 17.5. The van der Waals surface area contributed by atoms with Crippen molar-refractivity contribution in [2.24, 2.45) is 11.3 Å². The van der Waals surface area contributed by atoms with Crippen LogP contribution >= 0.6 is 0 Å². The lowest BCUT2D eigenvalue weighted by atomic mass is 9.74. The van der Waals surface area contributed by atoms with E-state index >= 15 is 0 Å². The molecule has 0 aromatic rings. The molecule has 1 aliphatic rings. The van der Waals surface area contributed by atoms with Crippen molar-refractivity contribution in [1.82, 2.24) is 10.2 Å². The number of amides is 2. The Labute approximate surface area is 125 Å². The minimum atomic E-state index is -1.09. The van der Waals surface area contributed by atoms with Gasteiger partial charge in [-0.15, -0.1) is 0 Å². The third-order valence-electron chi connectivity index (χ3n) is 4.77. The average molecular weight is 298 g/mol. The number of nitrogens with zero attached hydrogens (tertiary/aromatic N) is 1. The minimum Gasteiger partial charge on any atom is -0.481 e. The Morgan fingerprint density at radius 3 is 2.24 bits per heavy atom. The first-order chi connectivity index (χ1) is 9.49. The van der Waals surface area contributed by atoms with E-state index in [0.717, 1.165) is 12.8 Å². The van der Waals surface area contributed by atoms with Gasteiger partial charge in [0.15, 0.2) is 0 Å². The van der Waals surface area contributed by atoms with E-state index in [1.54, 1.807) is 32.6 Å². The summed E-state index contributed by atoms with van der Waals surface area (Å²) < 4.78 is 0. The highest BCUT2D eigenvalue weighted by Crippen LogP contribution is 2.31. The van der Waals surface area contributed by atoms with Crippen LogP contribution in [0.2, 0.25) is 0 Å². The summed E-state index contributed by atoms with van der Waals surface area (Å²) in [5, 5.41) is 12.2. The predicted octanol–water partition coefficient (Wildman–Crippen LogP) is 1.25. The molecule has 1 saturated heterocycles. The standard InChI is InChI=1S/C15H26N2O4/c1-10(18)17-8-6-7-11(9-17)12(19)16-15(4,5)14(2,3)13(20)21/h11H,6-9H2,1-5H3,(H,16,19)(H,20,21). The maximum absolute atomic E-state index is 12.4. The first-order valence-corrected chi connectivity index (χ1v) is 7.30. The van der Waals surface area contributed by atoms with E-state index in [2.05, 4.69) is 5.32 Å². The molecule has 6 nitrogen and oxygen atoms in total. The monoisotopic (exact) mass is 298 g/mol. The minimum absolute atomic E-state index is 0.0300. The molecule has 1 heterocycles. The van der Waals surface area contributed by atoms with Crippen LogP contribution in [0.5, 0.6) is 0 Å². The molecule has 0 aliphatic carbocycles. The third kappa shape index (κ3) is 3.74. The zero-order chi connectivity index (χ0) is 16.4. The number of carboxylic acids is 1. The second kappa shape index (κ2) is 6.03. The third-order valence-corrected chi connectivity index (χ3v) is 4.77. The van der Waals surface area contributed by atoms with Crippen molar-refractivity contribution in [3.63, 3.8) is 0 Å². The number of likely N-dealkylation sites (tertiary alicyclic amines) is 1. The van der Waals surface area contributed by atoms with Gasteiger partial charge in [-0.2, -0.15) is 0 Å². The molecule has 1 unspecified atom stereocenters. The fraction of sp³-hybridized carbons (Fsp3) is 0.800. The van der Waals surface area contributed by atoms with Crippen molar-refractivity contribution in [1.29, 1.82) is 0 Å². The summed E-state index contributed by atoms with van der Waals surface area (Å²) in [6, 6.07) is 0. The quantitative estimate of drug-likeness (QED) is 0.818. The van der Waals surface area contributed by atoms with Crippen LogP contribution in [0.3, 0.4) is 0 Å². The van der Waals surface area contributed by atoms with Crippen LogP contribution in [0.25, 0.3) is 0 Å². The largest absolute Gasteiger partial charge is 0.481 e. The van der Waals surface area contributed by atoms with Crippen LogP contribution in [-0.4, -0.2) is 46.4 Å². The van der Waals surface area contributed by atoms with Gasteiger partial charge in [-0.1, -0.05) is 0 Å². The molecule has 0 saturated carbocycles. The second-order valence-corrected chi connectivity index (χ2v) is 6.85. The molecule has 1 rings (SSSR count). The highest BCUT2D eigenvalue weighted by molar-refractivity contribution is 5.83. The van der Waals surface area contributed by atoms with Crippen LogP contribution < -0.4 is 5.32 Å². The first-order valence-electron chi connectivity index (χ1n) is 7.30. The van der Waals surface area contributed by atoms with Gasteiger partial charge in [0.1, 0.15) is 0 Å². The Hall–Kier alpha value is -1.59. The lowest BCUT2D eigenvalue weighted by Gasteiger charge is -2.40. The molecular formula is C15H26N2O4. The number of carbonyl (C=O) groups is 3. The number of piperidine rings is 1. The number of carboxylic acid groups (broad SMARTS) is 1. The van der Waals surface area contributed by atoms with Gasteiger partial charge >= 0.3 is 5.97 Å². The Morgan fingerprint density at radius 1 is 1.19 bits per heavy atom. The van der Waals surface area contributed by atoms with Crippen molar-refractivity contribution < 1.29 is 19.5 Å². The van der Waals surface area contributed by atoms with E-state index in [9.17, 15) is 19.5 Å². The van der Waals surface area contributed by atoms with Gasteiger partial charge in [-0.25, -0.2) is 0 Å². The smallest absolute Gasteiger partial charge is 0.311 e. The number of rotatable bonds is 4. The number of nitrogens with one attached hydrogen (secondary N) is 1. The van der Waals surface area contributed by atoms with Crippen molar-refractivity contribution in [3.8, 4) is 0 Å². The summed E-state index contributed by atoms with van der Waals surface area (Å²) in [6.45, 7) is 9.21. The number of aliphatic carboxylic acids is 1. The Balaban J connectivity index is 2.76. The van der Waals surface area contributed by atoms with Gasteiger partial charge in [0.2, 0.25) is 11.8 Å². The van der Waals surface area contributed by atoms with Crippen molar-refractivity contribution in [2.45, 2.75) is 53.0 Å². The normalized spacial score (nSPS) is 20.0. The summed E-state index contributed by atoms with van der Waals surface area (Å²) in [7, 11) is 0. The highest BCUT2D eigenvalue weighted by atomic mass is 16.4. The number of hydrogen-bond donors (Lipinski definition) is 2. The lowest BCUT2D eigenvalue weighted by Crippen LogP contribution is -2.59. The average Bonchev–Trinajstić information content (AvgIpc) is 2.37. The van der Waals surface area contributed by atoms with E-state index in [-0.39, 0.29) is 17.7 Å². The van der Waals surface area contributed by atoms with E-state index in [1.807, 2.05) is 0 Å². The van der Waals surface area contributed by atoms with E-state index in [4.69, 9.17) is 0 Å². The fourth-order valence-electron chi connectivity index (χ4n) is 2.31. The SMILES string of the molecule is CC(=O)N1CCCC(C(=O)NC(C)(C)C(C)(C)C(=O)O)C1. The summed E-state index contributed by atoms with van der Waals surface area (Å²) in [4.78, 5) is 36.9. The van der Waals surface area contributed by atoms with Crippen molar-refractivity contribution in [2.75, 3.05) is 13.1 Å². The molecule has 1 fully saturated rings. The molecular weight excluding hydrogens is 272 g/mol. The summed E-state index contributed by atoms with van der Waals surface area (Å²) in [6.07, 6.45) is 1.51. The maximum Gasteiger partial charge on any atom is 0.311 e. The Kier molecular flexibility index (Phi) is 5.02. The van der Waals surface area contributed by atoms with Gasteiger partial charge in [-0.3, -0.25) is 14.4 Å². The molecule has 1 aliphatic heterocycles. The number of hydrogen-bond acceptors (Lipinski definition) is 3. The van der Waals surface area contributed by atoms with Crippen LogP contribution in [0.1, 0.15) is 47.5 Å². The summed E-state index contributed by atoms with van der Waals surface area (Å²) >= 11 is 0. The van der Waals surface area contributed by atoms with Gasteiger partial charge in [0.05, 0.1) is 11.3 Å². The lowest BCUT2D eigenvalue weighted by molar-refractivity contribution is -0.152. The van der Waals surface area contributed by atoms with Crippen LogP contribution in [0.4, 0.5) is 0 Å². The molecule has 0 aromatic carbocycles. The Bertz CT molecular complexity index is 443. The van der Waals surface area contributed by atoms with Crippen LogP contribution in [0.15, 0.2) is 0 Å². The van der Waals surface area contributed by atoms with Crippen LogP contribution in [-0.2, 0) is 14.4 Å². The molecule has 6 heteroatoms. The molecule has 2 amide bonds. The molecule has 1 atom stereocenters. The maximum atomic E-state index is 12.4. The molecule has 0 spiro atoms. The van der Waals surface area contributed by atoms with E-state index < -0.39 is 16.9 Å². The van der Waals surface area contributed by atoms with Gasteiger partial charge in [0.25, 0.3) is 0 Å². The zero-order valence-corrected chi connectivity index (χ0v) is 13.5. The summed E-state index contributed by atoms with van der Waals surface area (Å²) in [5.74, 6) is -1.44. The van der Waals surface area contributed by atoms with Crippen LogP contribution in [0, 0.1) is 11.3 Å². The molecule has 0 bridgehead atoms. The number of carbonyl (C=O) groups excluding carboxylic acids is 2. The fourth-order valence-corrected chi connectivity index (χ4v) is 2.31. The van der Waals surface area contributed by atoms with Gasteiger partial charge < -0.3 is 15.3 Å². The van der Waals surface area contributed by atoms with Gasteiger partial charge in [-0.05, 0) is 40.5 Å². The van der Waals surface area contributed by atoms with Gasteiger partial charge in [0, 0.05) is 25.6 Å².